The number of aromatic hydroxyl groups is 1. The van der Waals surface area contributed by atoms with Gasteiger partial charge in [-0.1, -0.05) is 66.7 Å². The van der Waals surface area contributed by atoms with Crippen LogP contribution >= 0.6 is 0 Å². The van der Waals surface area contributed by atoms with Crippen LogP contribution in [0.2, 0.25) is 0 Å². The number of anilines is 1. The lowest BCUT2D eigenvalue weighted by Crippen LogP contribution is -2.63. The summed E-state index contributed by atoms with van der Waals surface area (Å²) in [6, 6.07) is 19.0. The van der Waals surface area contributed by atoms with Crippen LogP contribution in [-0.4, -0.2) is 80.7 Å². The van der Waals surface area contributed by atoms with Crippen molar-refractivity contribution < 1.29 is 53.9 Å². The second kappa shape index (κ2) is 13.8. The highest BCUT2D eigenvalue weighted by molar-refractivity contribution is 6.25. The number of Topliss-reactive ketones (excluding diaryl/α,β-unsaturated/α-hetero) is 2. The number of aliphatic hydroxyl groups excluding tert-OH is 2. The zero-order valence-corrected chi connectivity index (χ0v) is 28.1. The number of amides is 3. The highest BCUT2D eigenvalue weighted by Gasteiger charge is 2.63. The Kier molecular flexibility index (Phi) is 9.49. The van der Waals surface area contributed by atoms with Crippen molar-refractivity contribution in [1.82, 2.24) is 10.3 Å². The maximum Gasteiger partial charge on any atom is 0.434 e. The predicted octanol–water partition coefficient (Wildman–Crippen LogP) is 3.11. The van der Waals surface area contributed by atoms with E-state index in [0.717, 1.165) is 0 Å². The van der Waals surface area contributed by atoms with Crippen LogP contribution in [0.5, 0.6) is 5.75 Å². The van der Waals surface area contributed by atoms with Crippen molar-refractivity contribution in [2.24, 2.45) is 17.6 Å². The number of aliphatic hydroxyl groups is 3. The number of ether oxygens (including phenoxy) is 2. The minimum absolute atomic E-state index is 0.0212. The number of nitrogens with one attached hydrogen (secondary N) is 1. The van der Waals surface area contributed by atoms with Crippen molar-refractivity contribution in [2.75, 3.05) is 19.1 Å². The monoisotopic (exact) mass is 712 g/mol. The number of carbonyl (C=O) groups excluding carboxylic acids is 5. The van der Waals surface area contributed by atoms with Crippen molar-refractivity contribution in [3.63, 3.8) is 0 Å². The number of likely N-dealkylation sites (N-methyl/N-ethyl adjacent to an activating group) is 1. The molecule has 0 fully saturated rings. The van der Waals surface area contributed by atoms with Gasteiger partial charge in [-0.2, -0.15) is 5.01 Å². The largest absolute Gasteiger partial charge is 0.510 e. The summed E-state index contributed by atoms with van der Waals surface area (Å²) >= 11 is 0. The van der Waals surface area contributed by atoms with E-state index in [4.69, 9.17) is 15.2 Å². The number of carbonyl (C=O) groups is 5. The van der Waals surface area contributed by atoms with Crippen LogP contribution in [0.4, 0.5) is 15.3 Å². The van der Waals surface area contributed by atoms with E-state index in [2.05, 4.69) is 5.43 Å². The fourth-order valence-electron chi connectivity index (χ4n) is 7.23. The number of fused-ring (bicyclic) bond motifs is 3. The van der Waals surface area contributed by atoms with Gasteiger partial charge in [0.25, 0.3) is 5.91 Å². The number of primary amides is 1. The Morgan fingerprint density at radius 2 is 1.50 bits per heavy atom. The summed E-state index contributed by atoms with van der Waals surface area (Å²) in [5.41, 5.74) is 4.32. The molecule has 15 heteroatoms. The summed E-state index contributed by atoms with van der Waals surface area (Å²) in [5, 5.41) is 46.6. The second-order valence-electron chi connectivity index (χ2n) is 13.0. The number of ketones is 2. The number of hydrazine groups is 1. The summed E-state index contributed by atoms with van der Waals surface area (Å²) in [5.74, 6) is -8.17. The van der Waals surface area contributed by atoms with E-state index in [-0.39, 0.29) is 31.6 Å². The Morgan fingerprint density at radius 3 is 2.08 bits per heavy atom. The van der Waals surface area contributed by atoms with Crippen molar-refractivity contribution in [2.45, 2.75) is 37.7 Å². The number of benzene rings is 3. The Morgan fingerprint density at radius 1 is 0.904 bits per heavy atom. The molecule has 0 heterocycles. The third kappa shape index (κ3) is 6.09. The van der Waals surface area contributed by atoms with Gasteiger partial charge in [-0.15, -0.1) is 0 Å². The lowest BCUT2D eigenvalue weighted by atomic mass is 9.58. The lowest BCUT2D eigenvalue weighted by Gasteiger charge is -2.50. The summed E-state index contributed by atoms with van der Waals surface area (Å²) in [6.07, 6.45) is -2.33. The SMILES string of the molecule is CN(C)[C@@H]1C(O)=C(C(N)=O)C(=O)[C@@]2(O)C(O)=C3C(=O)c4c(ccc(N(NC(=O)OCc5ccccc5)C(=O)OCc5ccccc5)c4O)CC3CC12. The number of allylic oxidation sites excluding steroid dienone is 1. The molecular weight excluding hydrogens is 676 g/mol. The van der Waals surface area contributed by atoms with E-state index >= 15 is 0 Å². The van der Waals surface area contributed by atoms with E-state index in [1.165, 1.54) is 31.1 Å². The van der Waals surface area contributed by atoms with Gasteiger partial charge in [-0.25, -0.2) is 15.0 Å². The van der Waals surface area contributed by atoms with Crippen LogP contribution in [0.1, 0.15) is 33.5 Å². The van der Waals surface area contributed by atoms with E-state index in [0.29, 0.717) is 21.7 Å². The third-order valence-corrected chi connectivity index (χ3v) is 9.62. The Labute approximate surface area is 297 Å². The van der Waals surface area contributed by atoms with E-state index in [1.807, 2.05) is 0 Å². The summed E-state index contributed by atoms with van der Waals surface area (Å²) in [6.45, 7) is -0.381. The molecule has 2 unspecified atom stereocenters. The van der Waals surface area contributed by atoms with Crippen LogP contribution in [0.15, 0.2) is 95.5 Å². The van der Waals surface area contributed by atoms with Gasteiger partial charge in [0.2, 0.25) is 5.78 Å². The Balaban J connectivity index is 1.37. The van der Waals surface area contributed by atoms with Crippen molar-refractivity contribution in [3.8, 4) is 5.75 Å². The molecule has 270 valence electrons. The highest BCUT2D eigenvalue weighted by Crippen LogP contribution is 2.52. The number of hydrogen-bond acceptors (Lipinski definition) is 12. The van der Waals surface area contributed by atoms with Crippen molar-refractivity contribution in [1.29, 1.82) is 0 Å². The quantitative estimate of drug-likeness (QED) is 0.153. The van der Waals surface area contributed by atoms with E-state index in [1.54, 1.807) is 60.7 Å². The number of nitrogens with zero attached hydrogens (tertiary/aromatic N) is 2. The van der Waals surface area contributed by atoms with Gasteiger partial charge < -0.3 is 35.6 Å². The fraction of sp³-hybridized carbons (Fsp3) is 0.270. The molecule has 3 amide bonds. The number of phenolic OH excluding ortho intramolecular Hbond substituents is 1. The zero-order valence-electron chi connectivity index (χ0n) is 28.1. The van der Waals surface area contributed by atoms with Crippen LogP contribution < -0.4 is 16.2 Å². The van der Waals surface area contributed by atoms with Gasteiger partial charge in [-0.3, -0.25) is 19.3 Å². The van der Waals surface area contributed by atoms with Crippen molar-refractivity contribution >= 4 is 35.3 Å². The van der Waals surface area contributed by atoms with Crippen LogP contribution in [0.3, 0.4) is 0 Å². The molecular formula is C37H36N4O11. The summed E-state index contributed by atoms with van der Waals surface area (Å²) in [7, 11) is 3.07. The maximum atomic E-state index is 14.2. The molecule has 3 aliphatic rings. The number of rotatable bonds is 7. The summed E-state index contributed by atoms with van der Waals surface area (Å²) < 4.78 is 10.7. The first-order valence-electron chi connectivity index (χ1n) is 16.2. The fourth-order valence-corrected chi connectivity index (χ4v) is 7.23. The maximum absolute atomic E-state index is 14.2. The molecule has 0 saturated heterocycles. The molecule has 3 aromatic rings. The minimum atomic E-state index is -2.82. The van der Waals surface area contributed by atoms with E-state index in [9.17, 15) is 44.4 Å². The van der Waals surface area contributed by atoms with Gasteiger partial charge in [0.15, 0.2) is 17.1 Å². The van der Waals surface area contributed by atoms with Gasteiger partial charge >= 0.3 is 12.2 Å². The molecule has 0 aromatic heterocycles. The molecule has 7 N–H and O–H groups in total. The lowest BCUT2D eigenvalue weighted by molar-refractivity contribution is -0.148. The van der Waals surface area contributed by atoms with Crippen LogP contribution in [0, 0.1) is 11.8 Å². The standard InChI is InChI=1S/C37H36N4O11/c1-40(2)28-23-16-22-15-21-13-14-24(29(42)25(21)30(43)26(22)32(45)37(23,50)33(46)27(31(28)44)34(38)47)41(36(49)52-18-20-11-7-4-8-12-20)39-35(48)51-17-19-9-5-3-6-10-19/h3-14,22-23,28,42,44-45,50H,15-18H2,1-2H3,(H2,38,47)(H,39,48)/t22?,23?,28-,37-/m0/s1. The van der Waals surface area contributed by atoms with Gasteiger partial charge in [0.05, 0.1) is 11.6 Å². The minimum Gasteiger partial charge on any atom is -0.510 e. The molecule has 0 spiro atoms. The average Bonchev–Trinajstić information content (AvgIpc) is 3.11. The molecule has 3 aliphatic carbocycles. The number of phenols is 1. The first kappa shape index (κ1) is 35.6. The molecule has 0 saturated carbocycles. The topological polar surface area (TPSA) is 229 Å². The molecule has 15 nitrogen and oxygen atoms in total. The molecule has 6 rings (SSSR count). The zero-order chi connectivity index (χ0) is 37.5. The van der Waals surface area contributed by atoms with Crippen molar-refractivity contribution in [3.05, 3.63) is 118 Å². The Hall–Kier alpha value is -6.19. The van der Waals surface area contributed by atoms with Crippen LogP contribution in [0.25, 0.3) is 0 Å². The smallest absolute Gasteiger partial charge is 0.434 e. The van der Waals surface area contributed by atoms with E-state index < -0.39 is 87.2 Å². The molecule has 0 aliphatic heterocycles. The molecule has 0 radical (unpaired) electrons. The number of hydrogen-bond donors (Lipinski definition) is 6. The molecule has 4 atom stereocenters. The van der Waals surface area contributed by atoms with Gasteiger partial charge in [0.1, 0.15) is 36.0 Å². The first-order valence-corrected chi connectivity index (χ1v) is 16.2. The Bertz CT molecular complexity index is 2030. The third-order valence-electron chi connectivity index (χ3n) is 9.62. The average molecular weight is 713 g/mol. The van der Waals surface area contributed by atoms with Crippen LogP contribution in [-0.2, 0) is 38.7 Å². The number of nitrogens with two attached hydrogens (primary N) is 1. The van der Waals surface area contributed by atoms with Gasteiger partial charge in [-0.05, 0) is 55.6 Å². The molecule has 52 heavy (non-hydrogen) atoms. The van der Waals surface area contributed by atoms with Gasteiger partial charge in [0, 0.05) is 11.5 Å². The predicted molar refractivity (Wildman–Crippen MR) is 183 cm³/mol. The summed E-state index contributed by atoms with van der Waals surface area (Å²) in [4.78, 5) is 68.0. The highest BCUT2D eigenvalue weighted by atomic mass is 16.6. The first-order chi connectivity index (χ1) is 24.7. The second-order valence-corrected chi connectivity index (χ2v) is 13.0. The normalized spacial score (nSPS) is 22.3. The molecule has 0 bridgehead atoms. The molecule has 3 aromatic carbocycles.